The second-order valence-electron chi connectivity index (χ2n) is 5.73. The fraction of sp³-hybridized carbons (Fsp3) is 0.533. The number of amides is 1. The van der Waals surface area contributed by atoms with Gasteiger partial charge in [0.05, 0.1) is 11.4 Å². The minimum absolute atomic E-state index is 0.0718. The highest BCUT2D eigenvalue weighted by molar-refractivity contribution is 5.96. The first-order valence-corrected chi connectivity index (χ1v) is 7.07. The number of anilines is 2. The van der Waals surface area contributed by atoms with Crippen molar-refractivity contribution in [2.75, 3.05) is 18.1 Å². The zero-order valence-electron chi connectivity index (χ0n) is 11.3. The van der Waals surface area contributed by atoms with E-state index in [0.717, 1.165) is 23.2 Å². The maximum absolute atomic E-state index is 11.7. The Kier molecular flexibility index (Phi) is 3.09. The van der Waals surface area contributed by atoms with E-state index < -0.39 is 0 Å². The van der Waals surface area contributed by atoms with Crippen LogP contribution in [0.25, 0.3) is 0 Å². The average Bonchev–Trinajstić information content (AvgIpc) is 3.29. The van der Waals surface area contributed by atoms with Gasteiger partial charge in [0.25, 0.3) is 5.91 Å². The third kappa shape index (κ3) is 2.67. The smallest absolute Gasteiger partial charge is 0.251 e. The van der Waals surface area contributed by atoms with Crippen LogP contribution >= 0.6 is 0 Å². The molecule has 0 heterocycles. The molecule has 0 aliphatic heterocycles. The van der Waals surface area contributed by atoms with Gasteiger partial charge in [-0.15, -0.1) is 0 Å². The number of nitrogens with one attached hydrogen (secondary N) is 2. The van der Waals surface area contributed by atoms with E-state index in [1.54, 1.807) is 13.1 Å². The maximum atomic E-state index is 11.7. The first kappa shape index (κ1) is 12.3. The molecule has 2 aliphatic rings. The van der Waals surface area contributed by atoms with Crippen molar-refractivity contribution in [3.8, 4) is 0 Å². The molecule has 19 heavy (non-hydrogen) atoms. The fourth-order valence-corrected chi connectivity index (χ4v) is 2.68. The summed E-state index contributed by atoms with van der Waals surface area (Å²) >= 11 is 0. The molecule has 2 aliphatic carbocycles. The van der Waals surface area contributed by atoms with E-state index in [9.17, 15) is 4.79 Å². The highest BCUT2D eigenvalue weighted by Crippen LogP contribution is 2.46. The van der Waals surface area contributed by atoms with Crippen molar-refractivity contribution in [2.24, 2.45) is 11.8 Å². The van der Waals surface area contributed by atoms with Crippen LogP contribution in [0.2, 0.25) is 0 Å². The summed E-state index contributed by atoms with van der Waals surface area (Å²) in [5.41, 5.74) is 8.31. The molecule has 0 saturated heterocycles. The lowest BCUT2D eigenvalue weighted by molar-refractivity contribution is 0.0963. The molecule has 0 unspecified atom stereocenters. The topological polar surface area (TPSA) is 67.2 Å². The lowest BCUT2D eigenvalue weighted by Gasteiger charge is -2.20. The van der Waals surface area contributed by atoms with E-state index in [4.69, 9.17) is 5.73 Å². The van der Waals surface area contributed by atoms with Crippen LogP contribution < -0.4 is 16.4 Å². The zero-order chi connectivity index (χ0) is 13.4. The normalized spacial score (nSPS) is 18.4. The molecule has 4 heteroatoms. The van der Waals surface area contributed by atoms with Gasteiger partial charge in [-0.25, -0.2) is 0 Å². The Morgan fingerprint density at radius 1 is 1.26 bits per heavy atom. The SMILES string of the molecule is CNC(=O)c1ccc(N)c(NC(C2CC2)C2CC2)c1. The predicted octanol–water partition coefficient (Wildman–Crippen LogP) is 2.23. The lowest BCUT2D eigenvalue weighted by atomic mass is 10.1. The van der Waals surface area contributed by atoms with Crippen molar-refractivity contribution in [1.82, 2.24) is 5.32 Å². The van der Waals surface area contributed by atoms with Crippen LogP contribution in [0.5, 0.6) is 0 Å². The highest BCUT2D eigenvalue weighted by atomic mass is 16.1. The predicted molar refractivity (Wildman–Crippen MR) is 77.1 cm³/mol. The van der Waals surface area contributed by atoms with E-state index in [2.05, 4.69) is 10.6 Å². The van der Waals surface area contributed by atoms with Crippen LogP contribution in [0.4, 0.5) is 11.4 Å². The molecule has 0 bridgehead atoms. The Balaban J connectivity index is 1.80. The Bertz CT molecular complexity index is 480. The highest BCUT2D eigenvalue weighted by Gasteiger charge is 2.41. The van der Waals surface area contributed by atoms with Crippen LogP contribution in [-0.2, 0) is 0 Å². The fourth-order valence-electron chi connectivity index (χ4n) is 2.68. The van der Waals surface area contributed by atoms with Crippen molar-refractivity contribution in [2.45, 2.75) is 31.7 Å². The Morgan fingerprint density at radius 2 is 1.89 bits per heavy atom. The Labute approximate surface area is 113 Å². The monoisotopic (exact) mass is 259 g/mol. The van der Waals surface area contributed by atoms with Gasteiger partial charge in [0.1, 0.15) is 0 Å². The van der Waals surface area contributed by atoms with Gasteiger partial charge in [0, 0.05) is 18.7 Å². The van der Waals surface area contributed by atoms with Crippen molar-refractivity contribution < 1.29 is 4.79 Å². The van der Waals surface area contributed by atoms with Crippen molar-refractivity contribution in [3.05, 3.63) is 23.8 Å². The number of nitrogens with two attached hydrogens (primary N) is 1. The minimum atomic E-state index is -0.0718. The lowest BCUT2D eigenvalue weighted by Crippen LogP contribution is -2.25. The number of hydrogen-bond donors (Lipinski definition) is 3. The molecule has 3 rings (SSSR count). The molecule has 0 radical (unpaired) electrons. The van der Waals surface area contributed by atoms with Crippen LogP contribution in [0.1, 0.15) is 36.0 Å². The molecular weight excluding hydrogens is 238 g/mol. The van der Waals surface area contributed by atoms with Crippen LogP contribution in [0.15, 0.2) is 18.2 Å². The Hall–Kier alpha value is -1.71. The third-order valence-corrected chi connectivity index (χ3v) is 4.12. The first-order valence-electron chi connectivity index (χ1n) is 7.07. The summed E-state index contributed by atoms with van der Waals surface area (Å²) in [6.45, 7) is 0. The average molecular weight is 259 g/mol. The third-order valence-electron chi connectivity index (χ3n) is 4.12. The molecule has 2 saturated carbocycles. The Morgan fingerprint density at radius 3 is 2.42 bits per heavy atom. The minimum Gasteiger partial charge on any atom is -0.397 e. The summed E-state index contributed by atoms with van der Waals surface area (Å²) in [7, 11) is 1.64. The molecular formula is C15H21N3O. The van der Waals surface area contributed by atoms with Crippen molar-refractivity contribution in [3.63, 3.8) is 0 Å². The quantitative estimate of drug-likeness (QED) is 0.710. The molecule has 0 spiro atoms. The van der Waals surface area contributed by atoms with Gasteiger partial charge in [-0.3, -0.25) is 4.79 Å². The van der Waals surface area contributed by atoms with E-state index in [-0.39, 0.29) is 5.91 Å². The van der Waals surface area contributed by atoms with Crippen LogP contribution in [0, 0.1) is 11.8 Å². The number of rotatable bonds is 5. The number of hydrogen-bond acceptors (Lipinski definition) is 3. The van der Waals surface area contributed by atoms with E-state index in [0.29, 0.717) is 11.6 Å². The van der Waals surface area contributed by atoms with Gasteiger partial charge >= 0.3 is 0 Å². The molecule has 1 aromatic rings. The summed E-state index contributed by atoms with van der Waals surface area (Å²) in [6, 6.07) is 5.99. The molecule has 1 aromatic carbocycles. The van der Waals surface area contributed by atoms with Gasteiger partial charge < -0.3 is 16.4 Å². The van der Waals surface area contributed by atoms with Crippen molar-refractivity contribution >= 4 is 17.3 Å². The van der Waals surface area contributed by atoms with Gasteiger partial charge in [-0.1, -0.05) is 0 Å². The van der Waals surface area contributed by atoms with Gasteiger partial charge in [-0.2, -0.15) is 0 Å². The molecule has 1 amide bonds. The van der Waals surface area contributed by atoms with E-state index in [1.165, 1.54) is 25.7 Å². The van der Waals surface area contributed by atoms with E-state index >= 15 is 0 Å². The van der Waals surface area contributed by atoms with Gasteiger partial charge in [-0.05, 0) is 55.7 Å². The van der Waals surface area contributed by atoms with Gasteiger partial charge in [0.15, 0.2) is 0 Å². The zero-order valence-corrected chi connectivity index (χ0v) is 11.3. The number of benzene rings is 1. The largest absolute Gasteiger partial charge is 0.397 e. The summed E-state index contributed by atoms with van der Waals surface area (Å²) in [5, 5.41) is 6.23. The van der Waals surface area contributed by atoms with Crippen molar-refractivity contribution in [1.29, 1.82) is 0 Å². The molecule has 4 nitrogen and oxygen atoms in total. The summed E-state index contributed by atoms with van der Waals surface area (Å²) in [4.78, 5) is 11.7. The maximum Gasteiger partial charge on any atom is 0.251 e. The standard InChI is InChI=1S/C15H21N3O/c1-17-15(19)11-6-7-12(16)13(8-11)18-14(9-2-3-9)10-4-5-10/h6-10,14,18H,2-5,16H2,1H3,(H,17,19). The van der Waals surface area contributed by atoms with Crippen LogP contribution in [0.3, 0.4) is 0 Å². The summed E-state index contributed by atoms with van der Waals surface area (Å²) in [6.07, 6.45) is 5.29. The molecule has 0 atom stereocenters. The molecule has 0 aromatic heterocycles. The summed E-state index contributed by atoms with van der Waals surface area (Å²) < 4.78 is 0. The number of carbonyl (C=O) groups excluding carboxylic acids is 1. The number of carbonyl (C=O) groups is 1. The van der Waals surface area contributed by atoms with Gasteiger partial charge in [0.2, 0.25) is 0 Å². The second kappa shape index (κ2) is 4.76. The first-order chi connectivity index (χ1) is 9.19. The second-order valence-corrected chi connectivity index (χ2v) is 5.73. The molecule has 4 N–H and O–H groups in total. The van der Waals surface area contributed by atoms with Crippen LogP contribution in [-0.4, -0.2) is 19.0 Å². The van der Waals surface area contributed by atoms with E-state index in [1.807, 2.05) is 12.1 Å². The summed E-state index contributed by atoms with van der Waals surface area (Å²) in [5.74, 6) is 1.53. The number of nitrogen functional groups attached to an aromatic ring is 1. The molecule has 2 fully saturated rings. The molecule has 102 valence electrons.